The zero-order valence-corrected chi connectivity index (χ0v) is 10.4. The Morgan fingerprint density at radius 2 is 1.82 bits per heavy atom. The van der Waals surface area contributed by atoms with Gasteiger partial charge >= 0.3 is 5.97 Å². The van der Waals surface area contributed by atoms with Crippen LogP contribution in [0.3, 0.4) is 0 Å². The third kappa shape index (κ3) is 6.12. The van der Waals surface area contributed by atoms with Crippen molar-refractivity contribution in [2.45, 2.75) is 25.0 Å². The molecule has 0 atom stereocenters. The van der Waals surface area contributed by atoms with E-state index in [1.165, 1.54) is 5.56 Å². The maximum atomic E-state index is 10.8. The van der Waals surface area contributed by atoms with Gasteiger partial charge in [-0.1, -0.05) is 30.3 Å². The Morgan fingerprint density at radius 1 is 1.12 bits per heavy atom. The first-order valence-corrected chi connectivity index (χ1v) is 6.73. The van der Waals surface area contributed by atoms with Gasteiger partial charge in [0, 0.05) is 12.2 Å². The van der Waals surface area contributed by atoms with Crippen LogP contribution in [0, 0.1) is 0 Å². The van der Waals surface area contributed by atoms with E-state index in [4.69, 9.17) is 5.11 Å². The van der Waals surface area contributed by atoms with Crippen molar-refractivity contribution in [3.8, 4) is 0 Å². The molecule has 0 amide bonds. The van der Waals surface area contributed by atoms with Crippen LogP contribution < -0.4 is 0 Å². The molecular formula is C13H16O3S. The second-order valence-corrected chi connectivity index (χ2v) is 4.83. The van der Waals surface area contributed by atoms with Gasteiger partial charge in [-0.15, -0.1) is 0 Å². The van der Waals surface area contributed by atoms with E-state index < -0.39 is 11.8 Å². The fourth-order valence-corrected chi connectivity index (χ4v) is 2.34. The minimum absolute atomic E-state index is 0.154. The molecule has 0 saturated carbocycles. The number of carboxylic acids is 1. The maximum Gasteiger partial charge on any atom is 0.372 e. The molecule has 0 unspecified atom stereocenters. The van der Waals surface area contributed by atoms with E-state index >= 15 is 0 Å². The van der Waals surface area contributed by atoms with Crippen LogP contribution in [0.15, 0.2) is 30.3 Å². The number of unbranched alkanes of at least 4 members (excludes halogenated alkanes) is 1. The molecule has 0 fully saturated rings. The number of hydrogen-bond donors (Lipinski definition) is 1. The fraction of sp³-hybridized carbons (Fsp3) is 0.385. The van der Waals surface area contributed by atoms with E-state index in [0.717, 1.165) is 17.9 Å². The number of Topliss-reactive ketones (excluding diaryl/α,β-unsaturated/α-hetero) is 1. The average molecular weight is 252 g/mol. The molecule has 17 heavy (non-hydrogen) atoms. The van der Waals surface area contributed by atoms with Crippen molar-refractivity contribution < 1.29 is 14.7 Å². The molecule has 0 aliphatic rings. The van der Waals surface area contributed by atoms with E-state index in [2.05, 4.69) is 12.1 Å². The topological polar surface area (TPSA) is 54.4 Å². The Hall–Kier alpha value is -1.29. The molecule has 0 heterocycles. The summed E-state index contributed by atoms with van der Waals surface area (Å²) in [6.45, 7) is 0. The number of carboxylic acid groups (broad SMARTS) is 1. The largest absolute Gasteiger partial charge is 0.476 e. The monoisotopic (exact) mass is 252 g/mol. The molecule has 0 aliphatic heterocycles. The number of hydrogen-bond acceptors (Lipinski definition) is 3. The normalized spacial score (nSPS) is 10.1. The van der Waals surface area contributed by atoms with E-state index in [9.17, 15) is 9.59 Å². The van der Waals surface area contributed by atoms with Gasteiger partial charge in [-0.2, -0.15) is 11.8 Å². The second kappa shape index (κ2) is 7.90. The van der Waals surface area contributed by atoms with Crippen molar-refractivity contribution in [2.24, 2.45) is 0 Å². The van der Waals surface area contributed by atoms with E-state index in [1.54, 1.807) is 0 Å². The van der Waals surface area contributed by atoms with Crippen LogP contribution in [-0.2, 0) is 15.3 Å². The SMILES string of the molecule is O=C(O)C(=O)CCCCSCc1ccccc1. The first-order chi connectivity index (χ1) is 8.20. The number of carbonyl (C=O) groups excluding carboxylic acids is 1. The van der Waals surface area contributed by atoms with E-state index in [0.29, 0.717) is 6.42 Å². The van der Waals surface area contributed by atoms with Crippen molar-refractivity contribution in [2.75, 3.05) is 5.75 Å². The van der Waals surface area contributed by atoms with Gasteiger partial charge in [0.2, 0.25) is 5.78 Å². The van der Waals surface area contributed by atoms with Gasteiger partial charge in [-0.3, -0.25) is 4.79 Å². The highest BCUT2D eigenvalue weighted by Crippen LogP contribution is 2.13. The van der Waals surface area contributed by atoms with Crippen LogP contribution in [0.25, 0.3) is 0 Å². The number of ketones is 1. The molecule has 0 aromatic heterocycles. The molecule has 0 spiro atoms. The minimum atomic E-state index is -1.32. The van der Waals surface area contributed by atoms with Gasteiger partial charge in [0.15, 0.2) is 0 Å². The lowest BCUT2D eigenvalue weighted by atomic mass is 10.2. The van der Waals surface area contributed by atoms with Crippen LogP contribution in [0.2, 0.25) is 0 Å². The standard InChI is InChI=1S/C13H16O3S/c14-12(13(15)16)8-4-5-9-17-10-11-6-2-1-3-7-11/h1-3,6-7H,4-5,8-10H2,(H,15,16). The molecule has 3 nitrogen and oxygen atoms in total. The maximum absolute atomic E-state index is 10.8. The summed E-state index contributed by atoms with van der Waals surface area (Å²) >= 11 is 1.81. The van der Waals surface area contributed by atoms with Gasteiger partial charge in [-0.05, 0) is 24.2 Å². The van der Waals surface area contributed by atoms with E-state index in [-0.39, 0.29) is 6.42 Å². The minimum Gasteiger partial charge on any atom is -0.476 e. The van der Waals surface area contributed by atoms with Crippen molar-refractivity contribution in [3.63, 3.8) is 0 Å². The van der Waals surface area contributed by atoms with Crippen LogP contribution >= 0.6 is 11.8 Å². The summed E-state index contributed by atoms with van der Waals surface area (Å²) in [6.07, 6.45) is 1.70. The summed E-state index contributed by atoms with van der Waals surface area (Å²) in [5.74, 6) is -0.0739. The molecule has 0 aliphatic carbocycles. The third-order valence-corrected chi connectivity index (χ3v) is 3.41. The van der Waals surface area contributed by atoms with Crippen LogP contribution in [0.4, 0.5) is 0 Å². The summed E-state index contributed by atoms with van der Waals surface area (Å²) in [7, 11) is 0. The van der Waals surface area contributed by atoms with Crippen LogP contribution in [0.5, 0.6) is 0 Å². The molecule has 0 radical (unpaired) electrons. The fourth-order valence-electron chi connectivity index (χ4n) is 1.36. The highest BCUT2D eigenvalue weighted by atomic mass is 32.2. The summed E-state index contributed by atoms with van der Waals surface area (Å²) in [4.78, 5) is 21.0. The Bertz CT molecular complexity index is 362. The number of benzene rings is 1. The van der Waals surface area contributed by atoms with Crippen molar-refractivity contribution in [3.05, 3.63) is 35.9 Å². The van der Waals surface area contributed by atoms with Crippen LogP contribution in [-0.4, -0.2) is 22.6 Å². The summed E-state index contributed by atoms with van der Waals surface area (Å²) in [5, 5.41) is 8.38. The van der Waals surface area contributed by atoms with Crippen LogP contribution in [0.1, 0.15) is 24.8 Å². The predicted octanol–water partition coefficient (Wildman–Crippen LogP) is 2.74. The molecule has 1 aromatic carbocycles. The quantitative estimate of drug-likeness (QED) is 0.571. The zero-order valence-electron chi connectivity index (χ0n) is 9.59. The Morgan fingerprint density at radius 3 is 2.47 bits per heavy atom. The van der Waals surface area contributed by atoms with Crippen molar-refractivity contribution in [1.82, 2.24) is 0 Å². The van der Waals surface area contributed by atoms with E-state index in [1.807, 2.05) is 30.0 Å². The lowest BCUT2D eigenvalue weighted by Crippen LogP contribution is -2.11. The average Bonchev–Trinajstić information content (AvgIpc) is 2.34. The van der Waals surface area contributed by atoms with Gasteiger partial charge in [0.05, 0.1) is 0 Å². The van der Waals surface area contributed by atoms with Gasteiger partial charge < -0.3 is 5.11 Å². The van der Waals surface area contributed by atoms with Gasteiger partial charge in [-0.25, -0.2) is 4.79 Å². The Kier molecular flexibility index (Phi) is 6.40. The molecule has 4 heteroatoms. The Labute approximate surface area is 105 Å². The number of rotatable bonds is 8. The smallest absolute Gasteiger partial charge is 0.372 e. The number of carbonyl (C=O) groups is 2. The highest BCUT2D eigenvalue weighted by Gasteiger charge is 2.09. The third-order valence-electron chi connectivity index (χ3n) is 2.29. The summed E-state index contributed by atoms with van der Waals surface area (Å²) < 4.78 is 0. The molecular weight excluding hydrogens is 236 g/mol. The molecule has 1 rings (SSSR count). The second-order valence-electron chi connectivity index (χ2n) is 3.72. The number of thioether (sulfide) groups is 1. The van der Waals surface area contributed by atoms with Gasteiger partial charge in [0.25, 0.3) is 0 Å². The first-order valence-electron chi connectivity index (χ1n) is 5.58. The zero-order chi connectivity index (χ0) is 12.5. The predicted molar refractivity (Wildman–Crippen MR) is 69.1 cm³/mol. The lowest BCUT2D eigenvalue weighted by molar-refractivity contribution is -0.149. The highest BCUT2D eigenvalue weighted by molar-refractivity contribution is 7.98. The molecule has 1 aromatic rings. The summed E-state index contributed by atoms with van der Waals surface area (Å²) in [5.41, 5.74) is 1.29. The van der Waals surface area contributed by atoms with Crippen molar-refractivity contribution in [1.29, 1.82) is 0 Å². The first kappa shape index (κ1) is 13.8. The number of aliphatic carboxylic acids is 1. The molecule has 1 N–H and O–H groups in total. The summed E-state index contributed by atoms with van der Waals surface area (Å²) in [6, 6.07) is 10.2. The van der Waals surface area contributed by atoms with Gasteiger partial charge in [0.1, 0.15) is 0 Å². The molecule has 92 valence electrons. The molecule has 0 bridgehead atoms. The lowest BCUT2D eigenvalue weighted by Gasteiger charge is -2.01. The molecule has 0 saturated heterocycles. The van der Waals surface area contributed by atoms with Crippen molar-refractivity contribution >= 4 is 23.5 Å². The Balaban J connectivity index is 2.02.